The monoisotopic (exact) mass is 321 g/mol. The molecule has 3 rings (SSSR count). The molecule has 9 heteroatoms. The number of carbonyl (C=O) groups excluding carboxylic acids is 1. The molecule has 118 valence electrons. The number of benzene rings is 1. The van der Waals surface area contributed by atoms with Crippen LogP contribution in [0.2, 0.25) is 0 Å². The zero-order chi connectivity index (χ0) is 16.6. The second kappa shape index (κ2) is 5.27. The molecule has 1 amide bonds. The molecule has 0 unspecified atom stereocenters. The summed E-state index contributed by atoms with van der Waals surface area (Å²) in [5.41, 5.74) is 4.88. The maximum absolute atomic E-state index is 13.1. The molecule has 4 N–H and O–H groups in total. The number of H-pyrrole nitrogens is 1. The summed E-state index contributed by atoms with van der Waals surface area (Å²) in [6.07, 6.45) is -2.23. The van der Waals surface area contributed by atoms with Crippen LogP contribution in [-0.2, 0) is 6.18 Å². The molecule has 6 nitrogen and oxygen atoms in total. The molecule has 2 heterocycles. The van der Waals surface area contributed by atoms with Crippen molar-refractivity contribution in [3.63, 3.8) is 0 Å². The van der Waals surface area contributed by atoms with Crippen LogP contribution in [0.5, 0.6) is 0 Å². The zero-order valence-corrected chi connectivity index (χ0v) is 11.5. The molecule has 2 aromatic heterocycles. The van der Waals surface area contributed by atoms with Gasteiger partial charge in [0.05, 0.1) is 22.8 Å². The molecule has 0 fully saturated rings. The Morgan fingerprint density at radius 3 is 2.65 bits per heavy atom. The fourth-order valence-electron chi connectivity index (χ4n) is 2.10. The zero-order valence-electron chi connectivity index (χ0n) is 11.5. The molecule has 0 aliphatic heterocycles. The first kappa shape index (κ1) is 14.8. The van der Waals surface area contributed by atoms with Crippen LogP contribution in [0.1, 0.15) is 15.9 Å². The fraction of sp³-hybridized carbons (Fsp3) is 0.0714. The number of rotatable bonds is 2. The molecule has 0 aliphatic carbocycles. The van der Waals surface area contributed by atoms with Crippen LogP contribution in [0, 0.1) is 0 Å². The Morgan fingerprint density at radius 1 is 1.22 bits per heavy atom. The average molecular weight is 321 g/mol. The summed E-state index contributed by atoms with van der Waals surface area (Å²) in [5, 5.41) is 8.40. The summed E-state index contributed by atoms with van der Waals surface area (Å²) < 4.78 is 39.3. The first-order chi connectivity index (χ1) is 10.8. The Kier molecular flexibility index (Phi) is 3.40. The first-order valence-electron chi connectivity index (χ1n) is 6.42. The number of carbonyl (C=O) groups is 1. The van der Waals surface area contributed by atoms with Crippen molar-refractivity contribution in [3.05, 3.63) is 47.8 Å². The van der Waals surface area contributed by atoms with Crippen molar-refractivity contribution < 1.29 is 18.0 Å². The predicted octanol–water partition coefficient (Wildman–Crippen LogP) is 2.81. The summed E-state index contributed by atoms with van der Waals surface area (Å²) in [5.74, 6) is -0.357. The molecule has 0 bridgehead atoms. The summed E-state index contributed by atoms with van der Waals surface area (Å²) >= 11 is 0. The number of hydrogen-bond acceptors (Lipinski definition) is 4. The van der Waals surface area contributed by atoms with Gasteiger partial charge in [0, 0.05) is 17.3 Å². The third-order valence-electron chi connectivity index (χ3n) is 3.17. The summed E-state index contributed by atoms with van der Waals surface area (Å²) in [7, 11) is 0. The van der Waals surface area contributed by atoms with E-state index in [0.29, 0.717) is 0 Å². The number of fused-ring (bicyclic) bond motifs is 1. The van der Waals surface area contributed by atoms with Crippen molar-refractivity contribution in [2.75, 3.05) is 11.1 Å². The maximum atomic E-state index is 13.1. The number of nitrogen functional groups attached to an aromatic ring is 1. The number of aromatic nitrogens is 3. The minimum absolute atomic E-state index is 0.00380. The Balaban J connectivity index is 1.97. The molecule has 1 aromatic carbocycles. The van der Waals surface area contributed by atoms with Crippen LogP contribution in [-0.4, -0.2) is 21.1 Å². The maximum Gasteiger partial charge on any atom is 0.417 e. The largest absolute Gasteiger partial charge is 0.417 e. The highest BCUT2D eigenvalue weighted by molar-refractivity contribution is 6.05. The minimum atomic E-state index is -4.56. The second-order valence-corrected chi connectivity index (χ2v) is 4.78. The summed E-state index contributed by atoms with van der Waals surface area (Å²) in [6, 6.07) is 5.09. The van der Waals surface area contributed by atoms with Crippen LogP contribution in [0.4, 0.5) is 24.7 Å². The lowest BCUT2D eigenvalue weighted by Crippen LogP contribution is -2.14. The van der Waals surface area contributed by atoms with Crippen molar-refractivity contribution in [3.8, 4) is 0 Å². The van der Waals surface area contributed by atoms with Crippen molar-refractivity contribution in [1.82, 2.24) is 15.2 Å². The van der Waals surface area contributed by atoms with E-state index in [2.05, 4.69) is 20.5 Å². The van der Waals surface area contributed by atoms with E-state index < -0.39 is 17.6 Å². The highest BCUT2D eigenvalue weighted by atomic mass is 19.4. The average Bonchev–Trinajstić information content (AvgIpc) is 2.94. The first-order valence-corrected chi connectivity index (χ1v) is 6.42. The number of amides is 1. The molecule has 0 aliphatic rings. The van der Waals surface area contributed by atoms with Gasteiger partial charge in [-0.3, -0.25) is 9.89 Å². The van der Waals surface area contributed by atoms with Crippen LogP contribution in [0.15, 0.2) is 36.7 Å². The number of aromatic amines is 1. The lowest BCUT2D eigenvalue weighted by atomic mass is 10.1. The van der Waals surface area contributed by atoms with Gasteiger partial charge in [-0.15, -0.1) is 0 Å². The molecule has 23 heavy (non-hydrogen) atoms. The predicted molar refractivity (Wildman–Crippen MR) is 77.7 cm³/mol. The normalized spacial score (nSPS) is 11.6. The van der Waals surface area contributed by atoms with Gasteiger partial charge in [-0.2, -0.15) is 18.3 Å². The van der Waals surface area contributed by atoms with E-state index >= 15 is 0 Å². The van der Waals surface area contributed by atoms with Gasteiger partial charge in [-0.05, 0) is 24.3 Å². The second-order valence-electron chi connectivity index (χ2n) is 4.78. The quantitative estimate of drug-likeness (QED) is 0.676. The van der Waals surface area contributed by atoms with Gasteiger partial charge in [0.2, 0.25) is 0 Å². The highest BCUT2D eigenvalue weighted by Gasteiger charge is 2.33. The van der Waals surface area contributed by atoms with Crippen LogP contribution in [0.25, 0.3) is 10.9 Å². The summed E-state index contributed by atoms with van der Waals surface area (Å²) in [6.45, 7) is 0. The molecule has 0 saturated heterocycles. The van der Waals surface area contributed by atoms with Crippen molar-refractivity contribution in [2.24, 2.45) is 0 Å². The van der Waals surface area contributed by atoms with E-state index in [1.807, 2.05) is 0 Å². The number of alkyl halides is 3. The van der Waals surface area contributed by atoms with Crippen LogP contribution in [0.3, 0.4) is 0 Å². The summed E-state index contributed by atoms with van der Waals surface area (Å²) in [4.78, 5) is 15.8. The highest BCUT2D eigenvalue weighted by Crippen LogP contribution is 2.36. The van der Waals surface area contributed by atoms with E-state index in [-0.39, 0.29) is 28.0 Å². The lowest BCUT2D eigenvalue weighted by molar-refractivity contribution is -0.136. The molecule has 0 saturated carbocycles. The van der Waals surface area contributed by atoms with Gasteiger partial charge >= 0.3 is 6.18 Å². The van der Waals surface area contributed by atoms with E-state index in [0.717, 1.165) is 12.3 Å². The van der Waals surface area contributed by atoms with Gasteiger partial charge < -0.3 is 11.1 Å². The Hall–Kier alpha value is -3.10. The smallest absolute Gasteiger partial charge is 0.384 e. The third kappa shape index (κ3) is 2.93. The van der Waals surface area contributed by atoms with Gasteiger partial charge in [0.15, 0.2) is 0 Å². The SMILES string of the molecule is Nc1ccc(C(=O)Nc2cc(C(F)(F)F)c3cn[nH]c3c2)cn1. The number of hydrogen-bond donors (Lipinski definition) is 3. The fourth-order valence-corrected chi connectivity index (χ4v) is 2.10. The molecular formula is C14H10F3N5O. The van der Waals surface area contributed by atoms with Gasteiger partial charge in [0.1, 0.15) is 5.82 Å². The third-order valence-corrected chi connectivity index (χ3v) is 3.17. The van der Waals surface area contributed by atoms with E-state index in [1.54, 1.807) is 0 Å². The molecule has 0 atom stereocenters. The van der Waals surface area contributed by atoms with E-state index in [4.69, 9.17) is 5.73 Å². The van der Waals surface area contributed by atoms with E-state index in [1.165, 1.54) is 24.4 Å². The molecule has 0 spiro atoms. The number of nitrogens with one attached hydrogen (secondary N) is 2. The number of halogens is 3. The molecular weight excluding hydrogens is 311 g/mol. The number of pyridine rings is 1. The van der Waals surface area contributed by atoms with Gasteiger partial charge in [0.25, 0.3) is 5.91 Å². The number of nitrogens with two attached hydrogens (primary N) is 1. The minimum Gasteiger partial charge on any atom is -0.384 e. The van der Waals surface area contributed by atoms with Gasteiger partial charge in [-0.25, -0.2) is 4.98 Å². The van der Waals surface area contributed by atoms with Crippen LogP contribution < -0.4 is 11.1 Å². The number of anilines is 2. The lowest BCUT2D eigenvalue weighted by Gasteiger charge is -2.11. The molecule has 0 radical (unpaired) electrons. The van der Waals surface area contributed by atoms with E-state index in [9.17, 15) is 18.0 Å². The Bertz CT molecular complexity index is 870. The standard InChI is InChI=1S/C14H10F3N5O/c15-14(16,17)10-3-8(4-11-9(10)6-20-22-11)21-13(23)7-1-2-12(18)19-5-7/h1-6H,(H2,18,19)(H,20,22)(H,21,23). The topological polar surface area (TPSA) is 96.7 Å². The van der Waals surface area contributed by atoms with Crippen LogP contribution >= 0.6 is 0 Å². The number of nitrogens with zero attached hydrogens (tertiary/aromatic N) is 2. The van der Waals surface area contributed by atoms with Gasteiger partial charge in [-0.1, -0.05) is 0 Å². The van der Waals surface area contributed by atoms with Crippen molar-refractivity contribution >= 4 is 28.3 Å². The molecule has 3 aromatic rings. The Morgan fingerprint density at radius 2 is 2.00 bits per heavy atom. The Labute approximate surface area is 127 Å². The van der Waals surface area contributed by atoms with Crippen molar-refractivity contribution in [1.29, 1.82) is 0 Å². The van der Waals surface area contributed by atoms with Crippen molar-refractivity contribution in [2.45, 2.75) is 6.18 Å².